The monoisotopic (exact) mass is 357 g/mol. The van der Waals surface area contributed by atoms with Gasteiger partial charge in [-0.05, 0) is 43.7 Å². The van der Waals surface area contributed by atoms with E-state index >= 15 is 0 Å². The van der Waals surface area contributed by atoms with E-state index in [1.54, 1.807) is 12.4 Å². The summed E-state index contributed by atoms with van der Waals surface area (Å²) in [5.41, 5.74) is 0.818. The average Bonchev–Trinajstić information content (AvgIpc) is 3.29. The third-order valence-electron chi connectivity index (χ3n) is 4.71. The molecule has 3 rings (SSSR count). The number of amides is 2. The molecule has 0 aliphatic carbocycles. The first-order valence-corrected chi connectivity index (χ1v) is 9.41. The second kappa shape index (κ2) is 8.78. The fourth-order valence-electron chi connectivity index (χ4n) is 3.23. The van der Waals surface area contributed by atoms with Gasteiger partial charge in [0.25, 0.3) is 5.89 Å². The molecule has 3 heterocycles. The maximum atomic E-state index is 12.4. The highest BCUT2D eigenvalue weighted by Gasteiger charge is 2.28. The van der Waals surface area contributed by atoms with Gasteiger partial charge in [-0.2, -0.15) is 4.98 Å². The zero-order chi connectivity index (χ0) is 18.4. The molecule has 2 aromatic heterocycles. The Morgan fingerprint density at radius 3 is 3.12 bits per heavy atom. The molecule has 1 aliphatic heterocycles. The molecule has 2 aromatic rings. The molecule has 1 atom stereocenters. The summed E-state index contributed by atoms with van der Waals surface area (Å²) < 4.78 is 5.32. The van der Waals surface area contributed by atoms with E-state index < -0.39 is 0 Å². The Morgan fingerprint density at radius 2 is 2.35 bits per heavy atom. The lowest BCUT2D eigenvalue weighted by molar-refractivity contribution is 0.189. The third-order valence-corrected chi connectivity index (χ3v) is 4.71. The fourth-order valence-corrected chi connectivity index (χ4v) is 3.23. The van der Waals surface area contributed by atoms with E-state index in [9.17, 15) is 4.79 Å². The van der Waals surface area contributed by atoms with Crippen LogP contribution in [0.4, 0.5) is 4.79 Å². The van der Waals surface area contributed by atoms with Crippen LogP contribution in [0.2, 0.25) is 0 Å². The Bertz CT molecular complexity index is 701. The molecule has 0 bridgehead atoms. The van der Waals surface area contributed by atoms with Gasteiger partial charge in [0, 0.05) is 37.9 Å². The largest absolute Gasteiger partial charge is 0.338 e. The molecule has 140 valence electrons. The van der Waals surface area contributed by atoms with Crippen molar-refractivity contribution in [2.45, 2.75) is 52.0 Å². The maximum absolute atomic E-state index is 12.4. The van der Waals surface area contributed by atoms with Gasteiger partial charge in [-0.1, -0.05) is 19.0 Å². The molecule has 0 aromatic carbocycles. The number of carbonyl (C=O) groups excluding carboxylic acids is 1. The van der Waals surface area contributed by atoms with Crippen LogP contribution in [0.15, 0.2) is 29.0 Å². The highest BCUT2D eigenvalue weighted by Crippen LogP contribution is 2.22. The van der Waals surface area contributed by atoms with Crippen LogP contribution in [0.5, 0.6) is 0 Å². The number of nitrogens with one attached hydrogen (secondary N) is 1. The minimum Gasteiger partial charge on any atom is -0.338 e. The zero-order valence-electron chi connectivity index (χ0n) is 15.5. The second-order valence-electron chi connectivity index (χ2n) is 7.20. The third kappa shape index (κ3) is 4.80. The van der Waals surface area contributed by atoms with Crippen LogP contribution in [0, 0.1) is 5.92 Å². The topological polar surface area (TPSA) is 84.2 Å². The molecule has 1 fully saturated rings. The molecule has 7 heteroatoms. The number of rotatable bonds is 7. The van der Waals surface area contributed by atoms with Crippen molar-refractivity contribution in [1.82, 2.24) is 25.3 Å². The van der Waals surface area contributed by atoms with Gasteiger partial charge in [0.1, 0.15) is 0 Å². The zero-order valence-corrected chi connectivity index (χ0v) is 15.5. The molecule has 7 nitrogen and oxygen atoms in total. The molecule has 1 saturated heterocycles. The van der Waals surface area contributed by atoms with E-state index in [0.717, 1.165) is 44.3 Å². The number of aryl methyl sites for hydroxylation is 1. The number of hydrogen-bond donors (Lipinski definition) is 1. The Balaban J connectivity index is 1.51. The molecule has 0 spiro atoms. The Morgan fingerprint density at radius 1 is 1.46 bits per heavy atom. The minimum absolute atomic E-state index is 0.0531. The van der Waals surface area contributed by atoms with Crippen LogP contribution in [-0.4, -0.2) is 45.2 Å². The molecule has 1 unspecified atom stereocenters. The Hall–Kier alpha value is -2.44. The predicted octanol–water partition coefficient (Wildman–Crippen LogP) is 3.28. The van der Waals surface area contributed by atoms with Crippen LogP contribution >= 0.6 is 0 Å². The fraction of sp³-hybridized carbons (Fsp3) is 0.579. The number of pyridine rings is 1. The van der Waals surface area contributed by atoms with Crippen LogP contribution in [0.25, 0.3) is 11.5 Å². The van der Waals surface area contributed by atoms with Gasteiger partial charge in [0.05, 0.1) is 5.56 Å². The van der Waals surface area contributed by atoms with Crippen LogP contribution < -0.4 is 5.32 Å². The SMILES string of the molecule is CC(C)CCNC(=O)N1CCCC1CCc1noc(-c2cccnc2)n1. The van der Waals surface area contributed by atoms with Crippen molar-refractivity contribution in [3.8, 4) is 11.5 Å². The normalized spacial score (nSPS) is 17.0. The number of aromatic nitrogens is 3. The molecule has 26 heavy (non-hydrogen) atoms. The van der Waals surface area contributed by atoms with Crippen molar-refractivity contribution in [3.63, 3.8) is 0 Å². The Labute approximate surface area is 154 Å². The summed E-state index contributed by atoms with van der Waals surface area (Å²) in [6.07, 6.45) is 8.05. The van der Waals surface area contributed by atoms with Crippen molar-refractivity contribution in [3.05, 3.63) is 30.4 Å². The van der Waals surface area contributed by atoms with E-state index in [0.29, 0.717) is 24.1 Å². The standard InChI is InChI=1S/C19H27N5O2/c1-14(2)9-11-21-19(25)24-12-4-6-16(24)7-8-17-22-18(26-23-17)15-5-3-10-20-13-15/h3,5,10,13-14,16H,4,6-9,11-12H2,1-2H3,(H,21,25). The first kappa shape index (κ1) is 18.4. The average molecular weight is 357 g/mol. The van der Waals surface area contributed by atoms with Crippen molar-refractivity contribution in [2.75, 3.05) is 13.1 Å². The summed E-state index contributed by atoms with van der Waals surface area (Å²) in [5, 5.41) is 7.10. The summed E-state index contributed by atoms with van der Waals surface area (Å²) in [6, 6.07) is 4.03. The van der Waals surface area contributed by atoms with E-state index in [1.807, 2.05) is 17.0 Å². The van der Waals surface area contributed by atoms with Gasteiger partial charge in [-0.15, -0.1) is 0 Å². The van der Waals surface area contributed by atoms with Crippen LogP contribution in [-0.2, 0) is 6.42 Å². The van der Waals surface area contributed by atoms with Gasteiger partial charge < -0.3 is 14.7 Å². The van der Waals surface area contributed by atoms with Gasteiger partial charge in [0.15, 0.2) is 5.82 Å². The summed E-state index contributed by atoms with van der Waals surface area (Å²) in [4.78, 5) is 22.9. The maximum Gasteiger partial charge on any atom is 0.317 e. The quantitative estimate of drug-likeness (QED) is 0.822. The summed E-state index contributed by atoms with van der Waals surface area (Å²) in [5.74, 6) is 1.76. The number of likely N-dealkylation sites (tertiary alicyclic amines) is 1. The number of carbonyl (C=O) groups is 1. The predicted molar refractivity (Wildman–Crippen MR) is 98.4 cm³/mol. The van der Waals surface area contributed by atoms with Gasteiger partial charge >= 0.3 is 6.03 Å². The molecular weight excluding hydrogens is 330 g/mol. The number of nitrogens with zero attached hydrogens (tertiary/aromatic N) is 4. The smallest absolute Gasteiger partial charge is 0.317 e. The molecule has 0 saturated carbocycles. The Kier molecular flexibility index (Phi) is 6.20. The van der Waals surface area contributed by atoms with Crippen molar-refractivity contribution in [1.29, 1.82) is 0 Å². The van der Waals surface area contributed by atoms with Crippen LogP contribution in [0.3, 0.4) is 0 Å². The summed E-state index contributed by atoms with van der Waals surface area (Å²) in [7, 11) is 0. The van der Waals surface area contributed by atoms with Gasteiger partial charge in [0.2, 0.25) is 0 Å². The van der Waals surface area contributed by atoms with Crippen LogP contribution in [0.1, 0.15) is 45.4 Å². The van der Waals surface area contributed by atoms with Crippen molar-refractivity contribution in [2.24, 2.45) is 5.92 Å². The lowest BCUT2D eigenvalue weighted by Gasteiger charge is -2.25. The lowest BCUT2D eigenvalue weighted by Crippen LogP contribution is -2.43. The second-order valence-corrected chi connectivity index (χ2v) is 7.20. The number of hydrogen-bond acceptors (Lipinski definition) is 5. The van der Waals surface area contributed by atoms with Gasteiger partial charge in [-0.25, -0.2) is 4.79 Å². The first-order chi connectivity index (χ1) is 12.6. The minimum atomic E-state index is 0.0531. The van der Waals surface area contributed by atoms with Crippen molar-refractivity contribution >= 4 is 6.03 Å². The first-order valence-electron chi connectivity index (χ1n) is 9.41. The summed E-state index contributed by atoms with van der Waals surface area (Å²) in [6.45, 7) is 5.88. The molecule has 1 N–H and O–H groups in total. The lowest BCUT2D eigenvalue weighted by atomic mass is 10.1. The molecular formula is C19H27N5O2. The molecule has 0 radical (unpaired) electrons. The summed E-state index contributed by atoms with van der Waals surface area (Å²) >= 11 is 0. The van der Waals surface area contributed by atoms with E-state index in [4.69, 9.17) is 4.52 Å². The molecule has 1 aliphatic rings. The molecule has 2 amide bonds. The van der Waals surface area contributed by atoms with E-state index in [-0.39, 0.29) is 12.1 Å². The van der Waals surface area contributed by atoms with E-state index in [1.165, 1.54) is 0 Å². The van der Waals surface area contributed by atoms with Crippen molar-refractivity contribution < 1.29 is 9.32 Å². The number of urea groups is 1. The highest BCUT2D eigenvalue weighted by atomic mass is 16.5. The highest BCUT2D eigenvalue weighted by molar-refractivity contribution is 5.74. The van der Waals surface area contributed by atoms with Gasteiger partial charge in [-0.3, -0.25) is 4.98 Å². The van der Waals surface area contributed by atoms with E-state index in [2.05, 4.69) is 34.3 Å².